The molecule has 3 aromatic rings. The molecule has 0 radical (unpaired) electrons. The number of carbonyl (C=O) groups is 1. The second-order valence-electron chi connectivity index (χ2n) is 11.3. The quantitative estimate of drug-likeness (QED) is 0.246. The summed E-state index contributed by atoms with van der Waals surface area (Å²) in [4.78, 5) is 20.4. The van der Waals surface area contributed by atoms with Crippen molar-refractivity contribution in [3.05, 3.63) is 70.0 Å². The third-order valence-corrected chi connectivity index (χ3v) is 7.14. The number of rotatable bonds is 8. The molecule has 6 atom stereocenters. The molecule has 2 N–H and O–H groups in total. The molecule has 4 heterocycles. The number of halogens is 5. The van der Waals surface area contributed by atoms with Crippen LogP contribution in [0.5, 0.6) is 0 Å². The first-order valence-electron chi connectivity index (χ1n) is 13.9. The molecule has 0 bridgehead atoms. The van der Waals surface area contributed by atoms with Crippen molar-refractivity contribution in [1.29, 1.82) is 0 Å². The van der Waals surface area contributed by atoms with Crippen LogP contribution < -0.4 is 10.9 Å². The second kappa shape index (κ2) is 13.9. The van der Waals surface area contributed by atoms with Crippen LogP contribution in [0.2, 0.25) is 10.3 Å². The van der Waals surface area contributed by atoms with E-state index in [-0.39, 0.29) is 24.2 Å². The normalized spacial score (nSPS) is 25.2. The molecule has 1 amide bonds. The van der Waals surface area contributed by atoms with Crippen molar-refractivity contribution in [3.8, 4) is 5.69 Å². The predicted molar refractivity (Wildman–Crippen MR) is 155 cm³/mol. The molecule has 1 aromatic carbocycles. The highest BCUT2D eigenvalue weighted by Gasteiger charge is 2.53. The average Bonchev–Trinajstić information content (AvgIpc) is 3.38. The van der Waals surface area contributed by atoms with E-state index in [1.54, 1.807) is 20.8 Å². The van der Waals surface area contributed by atoms with Crippen LogP contribution in [-0.2, 0) is 34.6 Å². The van der Waals surface area contributed by atoms with Crippen molar-refractivity contribution in [1.82, 2.24) is 30.6 Å². The average molecular weight is 691 g/mol. The molecule has 2 aliphatic rings. The first-order chi connectivity index (χ1) is 21.7. The molecule has 0 spiro atoms. The van der Waals surface area contributed by atoms with Gasteiger partial charge in [-0.05, 0) is 38.4 Å². The van der Waals surface area contributed by atoms with Gasteiger partial charge in [0.1, 0.15) is 36.8 Å². The van der Waals surface area contributed by atoms with Crippen molar-refractivity contribution in [3.63, 3.8) is 0 Å². The molecule has 46 heavy (non-hydrogen) atoms. The van der Waals surface area contributed by atoms with Gasteiger partial charge in [-0.3, -0.25) is 5.43 Å². The topological polar surface area (TPSA) is 140 Å². The van der Waals surface area contributed by atoms with Gasteiger partial charge in [0.2, 0.25) is 5.28 Å². The minimum absolute atomic E-state index is 0.0171. The van der Waals surface area contributed by atoms with Gasteiger partial charge in [0.25, 0.3) is 0 Å². The molecular weight excluding hydrogens is 660 g/mol. The van der Waals surface area contributed by atoms with Gasteiger partial charge in [-0.2, -0.15) is 18.2 Å². The highest BCUT2D eigenvalue weighted by Crippen LogP contribution is 2.42. The van der Waals surface area contributed by atoms with Crippen molar-refractivity contribution in [2.24, 2.45) is 0 Å². The Labute approximate surface area is 271 Å². The number of benzene rings is 1. The van der Waals surface area contributed by atoms with Crippen LogP contribution in [0, 0.1) is 0 Å². The number of hydrogen-bond acceptors (Lipinski definition) is 11. The molecule has 250 valence electrons. The first-order valence-corrected chi connectivity index (χ1v) is 14.7. The maximum atomic E-state index is 14.1. The van der Waals surface area contributed by atoms with E-state index in [2.05, 4.69) is 25.9 Å². The summed E-state index contributed by atoms with van der Waals surface area (Å²) in [6.07, 6.45) is -9.79. The number of hydrogen-bond donors (Lipinski definition) is 2. The zero-order valence-electron chi connectivity index (χ0n) is 25.0. The number of pyridine rings is 1. The number of fused-ring (bicyclic) bond motifs is 1. The van der Waals surface area contributed by atoms with Crippen LogP contribution in [0.15, 0.2) is 42.6 Å². The van der Waals surface area contributed by atoms with Gasteiger partial charge in [-0.15, -0.1) is 5.10 Å². The Morgan fingerprint density at radius 1 is 1.15 bits per heavy atom. The molecule has 13 nitrogen and oxygen atoms in total. The largest absolute Gasteiger partial charge is 0.443 e. The predicted octanol–water partition coefficient (Wildman–Crippen LogP) is 4.93. The van der Waals surface area contributed by atoms with Gasteiger partial charge in [0, 0.05) is 18.9 Å². The Morgan fingerprint density at radius 3 is 2.57 bits per heavy atom. The van der Waals surface area contributed by atoms with Gasteiger partial charge in [-0.25, -0.2) is 19.9 Å². The lowest BCUT2D eigenvalue weighted by Crippen LogP contribution is -2.67. The van der Waals surface area contributed by atoms with Crippen molar-refractivity contribution >= 4 is 29.3 Å². The molecule has 18 heteroatoms. The minimum atomic E-state index is -4.89. The maximum absolute atomic E-state index is 14.1. The van der Waals surface area contributed by atoms with E-state index in [1.165, 1.54) is 7.11 Å². The fraction of sp³-hybridized carbons (Fsp3) is 0.500. The number of methoxy groups -OCH3 is 1. The number of aromatic nitrogens is 4. The number of amides is 1. The summed E-state index contributed by atoms with van der Waals surface area (Å²) in [6.45, 7) is 4.77. The van der Waals surface area contributed by atoms with E-state index in [0.29, 0.717) is 0 Å². The van der Waals surface area contributed by atoms with Crippen LogP contribution in [0.3, 0.4) is 0 Å². The standard InChI is InChI=1S/C28H31Cl2F3N6O7/c1-27(2,3)46-26(40)37-36-18-19-17(12-42-24(45-19)14-8-6-5-7-9-14)44-21(20(18)43-13-41-4)23-35-25(30)38-39(23)16-10-15(29)11-34-22(16)28(31,32)33/h5-11,17-21,24,36H,12-13H2,1-4H3,(H,37,40)/t17?,18?,19-,20?,21+,24?/m0/s1. The lowest BCUT2D eigenvalue weighted by atomic mass is 9.91. The molecule has 2 saturated heterocycles. The highest BCUT2D eigenvalue weighted by molar-refractivity contribution is 6.30. The Bertz CT molecular complexity index is 1510. The maximum Gasteiger partial charge on any atom is 0.435 e. The molecule has 0 aliphatic carbocycles. The van der Waals surface area contributed by atoms with Crippen molar-refractivity contribution in [2.75, 3.05) is 20.5 Å². The van der Waals surface area contributed by atoms with Crippen LogP contribution >= 0.6 is 23.2 Å². The summed E-state index contributed by atoms with van der Waals surface area (Å²) < 4.78 is 78.4. The van der Waals surface area contributed by atoms with Crippen LogP contribution in [0.1, 0.15) is 50.2 Å². The third kappa shape index (κ3) is 7.88. The summed E-state index contributed by atoms with van der Waals surface area (Å²) in [7, 11) is 1.38. The van der Waals surface area contributed by atoms with Crippen LogP contribution in [-0.4, -0.2) is 76.3 Å². The van der Waals surface area contributed by atoms with Gasteiger partial charge in [0.05, 0.1) is 23.4 Å². The molecule has 2 aromatic heterocycles. The first kappa shape index (κ1) is 34.3. The fourth-order valence-corrected chi connectivity index (χ4v) is 5.34. The number of carbonyl (C=O) groups excluding carboxylic acids is 1. The number of ether oxygens (including phenoxy) is 6. The Morgan fingerprint density at radius 2 is 1.89 bits per heavy atom. The molecule has 4 unspecified atom stereocenters. The number of alkyl halides is 3. The number of hydrazine groups is 1. The highest BCUT2D eigenvalue weighted by atomic mass is 35.5. The fourth-order valence-electron chi connectivity index (χ4n) is 5.03. The van der Waals surface area contributed by atoms with E-state index in [4.69, 9.17) is 51.6 Å². The summed E-state index contributed by atoms with van der Waals surface area (Å²) in [5.74, 6) is -0.187. The van der Waals surface area contributed by atoms with Crippen molar-refractivity contribution < 1.29 is 46.4 Å². The Kier molecular flexibility index (Phi) is 10.4. The van der Waals surface area contributed by atoms with Crippen molar-refractivity contribution in [2.45, 2.75) is 69.3 Å². The van der Waals surface area contributed by atoms with E-state index in [9.17, 15) is 18.0 Å². The zero-order valence-corrected chi connectivity index (χ0v) is 26.5. The monoisotopic (exact) mass is 690 g/mol. The van der Waals surface area contributed by atoms with Crippen LogP contribution in [0.25, 0.3) is 5.69 Å². The summed E-state index contributed by atoms with van der Waals surface area (Å²) in [5, 5.41) is 3.52. The van der Waals surface area contributed by atoms with E-state index in [0.717, 1.165) is 22.5 Å². The Balaban J connectivity index is 1.57. The van der Waals surface area contributed by atoms with Crippen LogP contribution in [0.4, 0.5) is 18.0 Å². The molecule has 5 rings (SSSR count). The lowest BCUT2D eigenvalue weighted by molar-refractivity contribution is -0.320. The third-order valence-electron chi connectivity index (χ3n) is 6.77. The SMILES string of the molecule is COCOC1C(NNC(=O)OC(C)(C)C)[C@H]2OC(c3ccccc3)OCC2O[C@H]1c1nc(Cl)nn1-c1cc(Cl)cnc1C(F)(F)F. The number of nitrogens with zero attached hydrogens (tertiary/aromatic N) is 4. The lowest BCUT2D eigenvalue weighted by Gasteiger charge is -2.49. The van der Waals surface area contributed by atoms with Gasteiger partial charge >= 0.3 is 12.3 Å². The molecule has 0 saturated carbocycles. The summed E-state index contributed by atoms with van der Waals surface area (Å²) in [6, 6.07) is 9.20. The van der Waals surface area contributed by atoms with E-state index >= 15 is 0 Å². The zero-order chi connectivity index (χ0) is 33.2. The molecule has 2 fully saturated rings. The minimum Gasteiger partial charge on any atom is -0.443 e. The van der Waals surface area contributed by atoms with Gasteiger partial charge in [0.15, 0.2) is 17.8 Å². The van der Waals surface area contributed by atoms with Gasteiger partial charge < -0.3 is 28.4 Å². The summed E-state index contributed by atoms with van der Waals surface area (Å²) in [5.41, 5.74) is 3.48. The van der Waals surface area contributed by atoms with Gasteiger partial charge in [-0.1, -0.05) is 41.9 Å². The van der Waals surface area contributed by atoms with E-state index in [1.807, 2.05) is 30.3 Å². The Hall–Kier alpha value is -3.09. The molecular formula is C28H31Cl2F3N6O7. The van der Waals surface area contributed by atoms with E-state index < -0.39 is 71.3 Å². The number of nitrogens with one attached hydrogen (secondary N) is 2. The smallest absolute Gasteiger partial charge is 0.435 e. The summed E-state index contributed by atoms with van der Waals surface area (Å²) >= 11 is 12.2. The molecule has 2 aliphatic heterocycles. The second-order valence-corrected chi connectivity index (χ2v) is 12.1.